The number of rotatable bonds is 4. The van der Waals surface area contributed by atoms with E-state index in [9.17, 15) is 22.4 Å². The fraction of sp³-hybridized carbons (Fsp3) is 0.350. The van der Waals surface area contributed by atoms with Crippen molar-refractivity contribution in [1.82, 2.24) is 4.98 Å². The van der Waals surface area contributed by atoms with Gasteiger partial charge in [-0.05, 0) is 43.7 Å². The Morgan fingerprint density at radius 3 is 2.61 bits per heavy atom. The SMILES string of the molecule is C[C@@]1(F)C[C@H](F)[C@@](C)(c2cc(CC(=O)c3ccc(F)cn3)ccc2F)N=C1N. The van der Waals surface area contributed by atoms with E-state index in [-0.39, 0.29) is 17.7 Å². The molecule has 2 aromatic rings. The Morgan fingerprint density at radius 2 is 1.96 bits per heavy atom. The second kappa shape index (κ2) is 7.00. The van der Waals surface area contributed by atoms with Gasteiger partial charge in [0.15, 0.2) is 11.5 Å². The van der Waals surface area contributed by atoms with Crippen LogP contribution >= 0.6 is 0 Å². The van der Waals surface area contributed by atoms with E-state index in [1.165, 1.54) is 25.1 Å². The van der Waals surface area contributed by atoms with E-state index in [0.717, 1.165) is 25.3 Å². The first-order valence-electron chi connectivity index (χ1n) is 8.65. The Kier molecular flexibility index (Phi) is 4.99. The van der Waals surface area contributed by atoms with Crippen molar-refractivity contribution in [1.29, 1.82) is 0 Å². The monoisotopic (exact) mass is 393 g/mol. The van der Waals surface area contributed by atoms with Crippen LogP contribution in [-0.4, -0.2) is 28.4 Å². The molecule has 0 fully saturated rings. The molecular formula is C20H19F4N3O. The molecule has 1 aliphatic heterocycles. The van der Waals surface area contributed by atoms with Crippen LogP contribution in [0.2, 0.25) is 0 Å². The lowest BCUT2D eigenvalue weighted by Crippen LogP contribution is -2.51. The van der Waals surface area contributed by atoms with Crippen LogP contribution in [0.4, 0.5) is 17.6 Å². The number of pyridine rings is 1. The lowest BCUT2D eigenvalue weighted by molar-refractivity contribution is 0.0988. The number of aliphatic imine (C=N–C) groups is 1. The Labute approximate surface area is 159 Å². The van der Waals surface area contributed by atoms with Gasteiger partial charge in [0.25, 0.3) is 0 Å². The molecule has 1 aromatic heterocycles. The van der Waals surface area contributed by atoms with Crippen molar-refractivity contribution in [2.75, 3.05) is 0 Å². The fourth-order valence-electron chi connectivity index (χ4n) is 3.19. The molecule has 0 saturated heterocycles. The van der Waals surface area contributed by atoms with Crippen LogP contribution in [0.5, 0.6) is 0 Å². The minimum atomic E-state index is -2.11. The van der Waals surface area contributed by atoms with E-state index >= 15 is 0 Å². The molecule has 148 valence electrons. The van der Waals surface area contributed by atoms with E-state index in [4.69, 9.17) is 5.73 Å². The van der Waals surface area contributed by atoms with Gasteiger partial charge in [0, 0.05) is 18.4 Å². The van der Waals surface area contributed by atoms with Gasteiger partial charge >= 0.3 is 0 Å². The Morgan fingerprint density at radius 1 is 1.25 bits per heavy atom. The lowest BCUT2D eigenvalue weighted by Gasteiger charge is -2.39. The number of carbonyl (C=O) groups is 1. The van der Waals surface area contributed by atoms with Crippen LogP contribution in [0.3, 0.4) is 0 Å². The first-order chi connectivity index (χ1) is 13.0. The number of alkyl halides is 2. The second-order valence-corrected chi connectivity index (χ2v) is 7.29. The first kappa shape index (κ1) is 20.0. The number of amidine groups is 1. The number of ketones is 1. The number of nitrogens with two attached hydrogens (primary N) is 1. The summed E-state index contributed by atoms with van der Waals surface area (Å²) in [6.07, 6.45) is -1.60. The Bertz CT molecular complexity index is 943. The Hall–Kier alpha value is -2.77. The van der Waals surface area contributed by atoms with Crippen molar-refractivity contribution in [3.63, 3.8) is 0 Å². The van der Waals surface area contributed by atoms with Gasteiger partial charge in [0.05, 0.1) is 6.20 Å². The summed E-state index contributed by atoms with van der Waals surface area (Å²) in [6.45, 7) is 2.46. The summed E-state index contributed by atoms with van der Waals surface area (Å²) in [5.41, 5.74) is 2.14. The highest BCUT2D eigenvalue weighted by molar-refractivity contribution is 5.95. The summed E-state index contributed by atoms with van der Waals surface area (Å²) < 4.78 is 56.5. The number of benzene rings is 1. The van der Waals surface area contributed by atoms with Gasteiger partial charge in [0.2, 0.25) is 0 Å². The molecule has 1 aromatic carbocycles. The molecule has 0 radical (unpaired) electrons. The highest BCUT2D eigenvalue weighted by Crippen LogP contribution is 2.42. The number of halogens is 4. The molecule has 8 heteroatoms. The minimum Gasteiger partial charge on any atom is -0.385 e. The third-order valence-corrected chi connectivity index (χ3v) is 5.01. The summed E-state index contributed by atoms with van der Waals surface area (Å²) in [6, 6.07) is 6.16. The maximum atomic E-state index is 14.8. The van der Waals surface area contributed by atoms with Crippen molar-refractivity contribution in [2.24, 2.45) is 10.7 Å². The summed E-state index contributed by atoms with van der Waals surface area (Å²) in [4.78, 5) is 20.0. The van der Waals surface area contributed by atoms with Crippen LogP contribution in [0.1, 0.15) is 41.9 Å². The number of carbonyl (C=O) groups excluding carboxylic acids is 1. The molecule has 0 unspecified atom stereocenters. The summed E-state index contributed by atoms with van der Waals surface area (Å²) in [5.74, 6) is -2.13. The van der Waals surface area contributed by atoms with Crippen molar-refractivity contribution >= 4 is 11.6 Å². The van der Waals surface area contributed by atoms with Gasteiger partial charge < -0.3 is 5.73 Å². The molecular weight excluding hydrogens is 374 g/mol. The summed E-state index contributed by atoms with van der Waals surface area (Å²) in [7, 11) is 0. The summed E-state index contributed by atoms with van der Waals surface area (Å²) >= 11 is 0. The van der Waals surface area contributed by atoms with Crippen LogP contribution in [-0.2, 0) is 12.0 Å². The van der Waals surface area contributed by atoms with Crippen LogP contribution in [0.15, 0.2) is 41.5 Å². The normalized spacial score (nSPS) is 27.4. The number of nitrogens with zero attached hydrogens (tertiary/aromatic N) is 2. The average Bonchev–Trinajstić information content (AvgIpc) is 2.62. The zero-order valence-corrected chi connectivity index (χ0v) is 15.3. The van der Waals surface area contributed by atoms with Gasteiger partial charge in [-0.1, -0.05) is 6.07 Å². The molecule has 0 aliphatic carbocycles. The van der Waals surface area contributed by atoms with Gasteiger partial charge in [-0.25, -0.2) is 17.6 Å². The molecule has 4 nitrogen and oxygen atoms in total. The van der Waals surface area contributed by atoms with E-state index in [1.54, 1.807) is 0 Å². The third-order valence-electron chi connectivity index (χ3n) is 5.01. The highest BCUT2D eigenvalue weighted by atomic mass is 19.2. The molecule has 3 atom stereocenters. The first-order valence-corrected chi connectivity index (χ1v) is 8.65. The average molecular weight is 393 g/mol. The second-order valence-electron chi connectivity index (χ2n) is 7.29. The van der Waals surface area contributed by atoms with Gasteiger partial charge in [-0.15, -0.1) is 0 Å². The fourth-order valence-corrected chi connectivity index (χ4v) is 3.19. The van der Waals surface area contributed by atoms with Crippen molar-refractivity contribution in [2.45, 2.75) is 44.1 Å². The molecule has 2 N–H and O–H groups in total. The maximum Gasteiger partial charge on any atom is 0.185 e. The van der Waals surface area contributed by atoms with E-state index in [2.05, 4.69) is 9.98 Å². The molecule has 3 rings (SSSR count). The van der Waals surface area contributed by atoms with Crippen LogP contribution < -0.4 is 5.73 Å². The molecule has 1 aliphatic rings. The molecule has 0 bridgehead atoms. The van der Waals surface area contributed by atoms with E-state index in [1.807, 2.05) is 0 Å². The van der Waals surface area contributed by atoms with E-state index < -0.39 is 47.1 Å². The van der Waals surface area contributed by atoms with Gasteiger partial charge in [0.1, 0.15) is 34.9 Å². The number of aromatic nitrogens is 1. The van der Waals surface area contributed by atoms with Crippen molar-refractivity contribution in [3.8, 4) is 0 Å². The maximum absolute atomic E-state index is 14.8. The molecule has 0 amide bonds. The zero-order chi connectivity index (χ0) is 20.7. The highest BCUT2D eigenvalue weighted by Gasteiger charge is 2.49. The zero-order valence-electron chi connectivity index (χ0n) is 15.3. The van der Waals surface area contributed by atoms with Crippen LogP contribution in [0.25, 0.3) is 0 Å². The van der Waals surface area contributed by atoms with Crippen molar-refractivity contribution in [3.05, 3.63) is 65.0 Å². The molecule has 0 spiro atoms. The topological polar surface area (TPSA) is 68.3 Å². The predicted molar refractivity (Wildman–Crippen MR) is 96.6 cm³/mol. The predicted octanol–water partition coefficient (Wildman–Crippen LogP) is 3.83. The largest absolute Gasteiger partial charge is 0.385 e. The molecule has 28 heavy (non-hydrogen) atoms. The lowest BCUT2D eigenvalue weighted by atomic mass is 9.78. The minimum absolute atomic E-state index is 0.0509. The van der Waals surface area contributed by atoms with Gasteiger partial charge in [-0.3, -0.25) is 14.8 Å². The number of Topliss-reactive ketones (excluding diaryl/α,β-unsaturated/α-hetero) is 1. The van der Waals surface area contributed by atoms with Crippen molar-refractivity contribution < 1.29 is 22.4 Å². The molecule has 2 heterocycles. The Balaban J connectivity index is 1.95. The summed E-state index contributed by atoms with van der Waals surface area (Å²) in [5, 5.41) is 0. The number of hydrogen-bond acceptors (Lipinski definition) is 4. The third kappa shape index (κ3) is 3.63. The standard InChI is InChI=1S/C20H19F4N3O/c1-19(24)9-17(23)20(2,27-18(19)25)13-7-11(3-5-14(13)22)8-16(28)15-6-4-12(21)10-26-15/h3-7,10,17H,8-9H2,1-2H3,(H2,25,27)/t17-,19+,20+/m0/s1. The van der Waals surface area contributed by atoms with Gasteiger partial charge in [-0.2, -0.15) is 0 Å². The smallest absolute Gasteiger partial charge is 0.185 e. The van der Waals surface area contributed by atoms with E-state index in [0.29, 0.717) is 5.56 Å². The van der Waals surface area contributed by atoms with Crippen LogP contribution in [0, 0.1) is 11.6 Å². The number of hydrogen-bond donors (Lipinski definition) is 1. The molecule has 0 saturated carbocycles. The quantitative estimate of drug-likeness (QED) is 0.634.